The zero-order valence-corrected chi connectivity index (χ0v) is 19.4. The summed E-state index contributed by atoms with van der Waals surface area (Å²) in [6.45, 7) is 1.03. The molecule has 2 aromatic heterocycles. The van der Waals surface area contributed by atoms with Gasteiger partial charge in [-0.05, 0) is 66.1 Å². The summed E-state index contributed by atoms with van der Waals surface area (Å²) >= 11 is 0. The molecule has 4 aromatic rings. The van der Waals surface area contributed by atoms with Crippen molar-refractivity contribution in [2.24, 2.45) is 0 Å². The molecule has 1 aliphatic rings. The molecule has 0 saturated carbocycles. The second-order valence-electron chi connectivity index (χ2n) is 8.13. The first kappa shape index (κ1) is 22.3. The predicted molar refractivity (Wildman–Crippen MR) is 129 cm³/mol. The zero-order chi connectivity index (χ0) is 24.4. The molecule has 5 rings (SSSR count). The van der Waals surface area contributed by atoms with Crippen LogP contribution in [0.3, 0.4) is 0 Å². The SMILES string of the molecule is COc1cc2c(cc1OC)CN(C(=O)c1ccc(-c3cccc(NC(=O)c4ccco4)c3)o1)CC2. The van der Waals surface area contributed by atoms with Crippen LogP contribution in [-0.2, 0) is 13.0 Å². The minimum atomic E-state index is -0.345. The van der Waals surface area contributed by atoms with Gasteiger partial charge in [-0.25, -0.2) is 0 Å². The molecule has 0 radical (unpaired) electrons. The molecule has 0 saturated heterocycles. The number of rotatable bonds is 6. The van der Waals surface area contributed by atoms with Gasteiger partial charge >= 0.3 is 0 Å². The molecule has 178 valence electrons. The highest BCUT2D eigenvalue weighted by molar-refractivity contribution is 6.02. The number of methoxy groups -OCH3 is 2. The number of nitrogens with zero attached hydrogens (tertiary/aromatic N) is 1. The van der Waals surface area contributed by atoms with E-state index in [1.165, 1.54) is 6.26 Å². The quantitative estimate of drug-likeness (QED) is 0.424. The summed E-state index contributed by atoms with van der Waals surface area (Å²) < 4.78 is 21.9. The van der Waals surface area contributed by atoms with E-state index >= 15 is 0 Å². The Hall–Kier alpha value is -4.46. The van der Waals surface area contributed by atoms with Crippen molar-refractivity contribution in [3.63, 3.8) is 0 Å². The Kier molecular flexibility index (Phi) is 6.01. The fourth-order valence-corrected chi connectivity index (χ4v) is 4.17. The second-order valence-corrected chi connectivity index (χ2v) is 8.13. The molecule has 8 nitrogen and oxygen atoms in total. The fraction of sp³-hybridized carbons (Fsp3) is 0.185. The third-order valence-electron chi connectivity index (χ3n) is 5.97. The Bertz CT molecular complexity index is 1370. The predicted octanol–water partition coefficient (Wildman–Crippen LogP) is 5.01. The zero-order valence-electron chi connectivity index (χ0n) is 19.4. The number of carbonyl (C=O) groups is 2. The molecule has 0 bridgehead atoms. The Morgan fingerprint density at radius 1 is 0.914 bits per heavy atom. The standard InChI is InChI=1S/C27H24N2O6/c1-32-24-14-17-10-11-29(16-19(17)15-25(24)33-2)27(31)23-9-8-21(35-23)18-5-3-6-20(13-18)28-26(30)22-7-4-12-34-22/h3-9,12-15H,10-11,16H2,1-2H3,(H,28,30). The van der Waals surface area contributed by atoms with Crippen molar-refractivity contribution in [1.82, 2.24) is 4.90 Å². The first-order valence-corrected chi connectivity index (χ1v) is 11.1. The van der Waals surface area contributed by atoms with Gasteiger partial charge in [-0.2, -0.15) is 0 Å². The largest absolute Gasteiger partial charge is 0.493 e. The number of anilines is 1. The number of nitrogens with one attached hydrogen (secondary N) is 1. The summed E-state index contributed by atoms with van der Waals surface area (Å²) in [4.78, 5) is 27.2. The molecule has 1 aliphatic heterocycles. The van der Waals surface area contributed by atoms with E-state index in [2.05, 4.69) is 5.32 Å². The van der Waals surface area contributed by atoms with E-state index in [0.717, 1.165) is 16.7 Å². The number of benzene rings is 2. The maximum absolute atomic E-state index is 13.2. The molecular formula is C27H24N2O6. The van der Waals surface area contributed by atoms with Crippen LogP contribution in [0.5, 0.6) is 11.5 Å². The van der Waals surface area contributed by atoms with E-state index in [1.54, 1.807) is 61.6 Å². The molecule has 8 heteroatoms. The average molecular weight is 472 g/mol. The number of fused-ring (bicyclic) bond motifs is 1. The van der Waals surface area contributed by atoms with Gasteiger partial charge in [-0.15, -0.1) is 0 Å². The van der Waals surface area contributed by atoms with E-state index in [0.29, 0.717) is 42.5 Å². The van der Waals surface area contributed by atoms with Crippen LogP contribution in [0.25, 0.3) is 11.3 Å². The van der Waals surface area contributed by atoms with Gasteiger partial charge in [0.2, 0.25) is 0 Å². The number of ether oxygens (including phenoxy) is 2. The molecule has 0 unspecified atom stereocenters. The average Bonchev–Trinajstić information content (AvgIpc) is 3.60. The van der Waals surface area contributed by atoms with E-state index in [-0.39, 0.29) is 23.3 Å². The van der Waals surface area contributed by atoms with Crippen molar-refractivity contribution in [1.29, 1.82) is 0 Å². The Labute approximate surface area is 202 Å². The van der Waals surface area contributed by atoms with E-state index in [4.69, 9.17) is 18.3 Å². The van der Waals surface area contributed by atoms with Gasteiger partial charge in [-0.1, -0.05) is 12.1 Å². The molecule has 2 aromatic carbocycles. The molecule has 0 atom stereocenters. The van der Waals surface area contributed by atoms with Crippen LogP contribution in [0.4, 0.5) is 5.69 Å². The van der Waals surface area contributed by atoms with Gasteiger partial charge in [0.05, 0.1) is 20.5 Å². The van der Waals surface area contributed by atoms with Crippen LogP contribution < -0.4 is 14.8 Å². The van der Waals surface area contributed by atoms with E-state index < -0.39 is 0 Å². The first-order valence-electron chi connectivity index (χ1n) is 11.1. The van der Waals surface area contributed by atoms with Crippen molar-refractivity contribution in [2.45, 2.75) is 13.0 Å². The summed E-state index contributed by atoms with van der Waals surface area (Å²) in [5.41, 5.74) is 3.49. The Morgan fingerprint density at radius 2 is 1.71 bits per heavy atom. The van der Waals surface area contributed by atoms with Crippen molar-refractivity contribution >= 4 is 17.5 Å². The topological polar surface area (TPSA) is 94.2 Å². The third kappa shape index (κ3) is 4.50. The van der Waals surface area contributed by atoms with Crippen LogP contribution in [0.1, 0.15) is 32.2 Å². The van der Waals surface area contributed by atoms with Crippen LogP contribution >= 0.6 is 0 Å². The van der Waals surface area contributed by atoms with Crippen LogP contribution in [0.2, 0.25) is 0 Å². The van der Waals surface area contributed by atoms with Crippen LogP contribution in [0, 0.1) is 0 Å². The summed E-state index contributed by atoms with van der Waals surface area (Å²) in [5, 5.41) is 2.79. The second kappa shape index (κ2) is 9.42. The highest BCUT2D eigenvalue weighted by Gasteiger charge is 2.26. The minimum absolute atomic E-state index is 0.182. The van der Waals surface area contributed by atoms with Crippen molar-refractivity contribution in [3.05, 3.63) is 89.6 Å². The lowest BCUT2D eigenvalue weighted by molar-refractivity contribution is 0.0703. The minimum Gasteiger partial charge on any atom is -0.493 e. The molecule has 1 N–H and O–H groups in total. The number of furan rings is 2. The first-order chi connectivity index (χ1) is 17.1. The van der Waals surface area contributed by atoms with Crippen LogP contribution in [-0.4, -0.2) is 37.5 Å². The fourth-order valence-electron chi connectivity index (χ4n) is 4.17. The number of hydrogen-bond donors (Lipinski definition) is 1. The summed E-state index contributed by atoms with van der Waals surface area (Å²) in [5.74, 6) is 1.81. The maximum Gasteiger partial charge on any atom is 0.291 e. The van der Waals surface area contributed by atoms with Gasteiger partial charge < -0.3 is 28.5 Å². The van der Waals surface area contributed by atoms with Crippen LogP contribution in [0.15, 0.2) is 75.8 Å². The molecule has 3 heterocycles. The molecule has 0 fully saturated rings. The third-order valence-corrected chi connectivity index (χ3v) is 5.97. The van der Waals surface area contributed by atoms with Gasteiger partial charge in [-0.3, -0.25) is 9.59 Å². The molecule has 0 aliphatic carbocycles. The highest BCUT2D eigenvalue weighted by atomic mass is 16.5. The molecule has 35 heavy (non-hydrogen) atoms. The smallest absolute Gasteiger partial charge is 0.291 e. The number of carbonyl (C=O) groups excluding carboxylic acids is 2. The monoisotopic (exact) mass is 472 g/mol. The van der Waals surface area contributed by atoms with Gasteiger partial charge in [0.1, 0.15) is 5.76 Å². The number of hydrogen-bond acceptors (Lipinski definition) is 6. The van der Waals surface area contributed by atoms with E-state index in [9.17, 15) is 9.59 Å². The Morgan fingerprint density at radius 3 is 2.46 bits per heavy atom. The van der Waals surface area contributed by atoms with Crippen molar-refractivity contribution < 1.29 is 27.9 Å². The lowest BCUT2D eigenvalue weighted by atomic mass is 9.98. The van der Waals surface area contributed by atoms with Crippen molar-refractivity contribution in [3.8, 4) is 22.8 Å². The van der Waals surface area contributed by atoms with Gasteiger partial charge in [0.25, 0.3) is 11.8 Å². The van der Waals surface area contributed by atoms with Gasteiger partial charge in [0.15, 0.2) is 23.0 Å². The molecule has 2 amide bonds. The van der Waals surface area contributed by atoms with Gasteiger partial charge in [0, 0.05) is 24.3 Å². The van der Waals surface area contributed by atoms with E-state index in [1.807, 2.05) is 18.2 Å². The lowest BCUT2D eigenvalue weighted by Gasteiger charge is -2.29. The summed E-state index contributed by atoms with van der Waals surface area (Å²) in [6.07, 6.45) is 2.16. The number of amides is 2. The normalized spacial score (nSPS) is 12.7. The lowest BCUT2D eigenvalue weighted by Crippen LogP contribution is -2.35. The maximum atomic E-state index is 13.2. The molecule has 0 spiro atoms. The van der Waals surface area contributed by atoms with Crippen molar-refractivity contribution in [2.75, 3.05) is 26.1 Å². The Balaban J connectivity index is 1.31. The highest BCUT2D eigenvalue weighted by Crippen LogP contribution is 2.34. The summed E-state index contributed by atoms with van der Waals surface area (Å²) in [6, 6.07) is 17.8. The molecular weight excluding hydrogens is 448 g/mol. The summed E-state index contributed by atoms with van der Waals surface area (Å²) in [7, 11) is 3.21.